The maximum Gasteiger partial charge on any atom is 0.0197 e. The standard InChI is InChI=1S/C17H34N2/c1-15(2)13-16-14-19(12-8-11-18-16)17-9-6-4-3-5-7-10-17/h15-18H,3-14H2,1-2H3. The third-order valence-electron chi connectivity index (χ3n) is 4.86. The molecule has 0 aromatic rings. The molecule has 2 fully saturated rings. The molecule has 1 aliphatic carbocycles. The van der Waals surface area contributed by atoms with E-state index in [1.807, 2.05) is 0 Å². The summed E-state index contributed by atoms with van der Waals surface area (Å²) in [4.78, 5) is 2.83. The van der Waals surface area contributed by atoms with Crippen molar-refractivity contribution in [2.24, 2.45) is 5.92 Å². The second-order valence-electron chi connectivity index (χ2n) is 7.13. The van der Waals surface area contributed by atoms with Crippen LogP contribution in [0.15, 0.2) is 0 Å². The fourth-order valence-electron chi connectivity index (χ4n) is 3.89. The Kier molecular flexibility index (Phi) is 6.66. The van der Waals surface area contributed by atoms with Gasteiger partial charge in [-0.1, -0.05) is 46.0 Å². The highest BCUT2D eigenvalue weighted by Crippen LogP contribution is 2.23. The number of hydrogen-bond acceptors (Lipinski definition) is 2. The monoisotopic (exact) mass is 266 g/mol. The van der Waals surface area contributed by atoms with Crippen LogP contribution >= 0.6 is 0 Å². The zero-order chi connectivity index (χ0) is 13.5. The van der Waals surface area contributed by atoms with Crippen LogP contribution in [0.4, 0.5) is 0 Å². The first-order valence-corrected chi connectivity index (χ1v) is 8.73. The van der Waals surface area contributed by atoms with Gasteiger partial charge in [-0.15, -0.1) is 0 Å². The minimum Gasteiger partial charge on any atom is -0.313 e. The summed E-state index contributed by atoms with van der Waals surface area (Å²) in [5.41, 5.74) is 0. The molecule has 2 rings (SSSR count). The van der Waals surface area contributed by atoms with Crippen LogP contribution < -0.4 is 5.32 Å². The Morgan fingerprint density at radius 1 is 1.00 bits per heavy atom. The Hall–Kier alpha value is -0.0800. The van der Waals surface area contributed by atoms with Gasteiger partial charge in [0.2, 0.25) is 0 Å². The Labute approximate surface area is 120 Å². The van der Waals surface area contributed by atoms with Gasteiger partial charge in [0.25, 0.3) is 0 Å². The number of rotatable bonds is 3. The average molecular weight is 266 g/mol. The summed E-state index contributed by atoms with van der Waals surface area (Å²) in [6, 6.07) is 1.61. The molecule has 1 saturated heterocycles. The van der Waals surface area contributed by atoms with Gasteiger partial charge in [0.15, 0.2) is 0 Å². The van der Waals surface area contributed by atoms with Crippen LogP contribution in [0.5, 0.6) is 0 Å². The number of hydrogen-bond donors (Lipinski definition) is 1. The molecule has 0 bridgehead atoms. The maximum absolute atomic E-state index is 3.77. The SMILES string of the molecule is CC(C)CC1CN(C2CCCCCCC2)CCCN1. The predicted octanol–water partition coefficient (Wildman–Crippen LogP) is 3.81. The lowest BCUT2D eigenvalue weighted by atomic mass is 9.94. The van der Waals surface area contributed by atoms with E-state index in [0.29, 0.717) is 0 Å². The highest BCUT2D eigenvalue weighted by molar-refractivity contribution is 4.82. The molecule has 19 heavy (non-hydrogen) atoms. The highest BCUT2D eigenvalue weighted by atomic mass is 15.2. The fraction of sp³-hybridized carbons (Fsp3) is 1.00. The van der Waals surface area contributed by atoms with Gasteiger partial charge in [0.05, 0.1) is 0 Å². The summed E-state index contributed by atoms with van der Waals surface area (Å²) in [5.74, 6) is 0.815. The molecule has 1 heterocycles. The summed E-state index contributed by atoms with van der Waals surface area (Å²) in [6.45, 7) is 8.55. The van der Waals surface area contributed by atoms with Gasteiger partial charge in [-0.05, 0) is 44.7 Å². The predicted molar refractivity (Wildman–Crippen MR) is 83.5 cm³/mol. The molecule has 0 aromatic carbocycles. The Morgan fingerprint density at radius 3 is 2.37 bits per heavy atom. The molecule has 1 aliphatic heterocycles. The summed E-state index contributed by atoms with van der Waals surface area (Å²) in [6.07, 6.45) is 12.9. The largest absolute Gasteiger partial charge is 0.313 e. The van der Waals surface area contributed by atoms with E-state index in [1.54, 1.807) is 0 Å². The van der Waals surface area contributed by atoms with E-state index in [4.69, 9.17) is 0 Å². The van der Waals surface area contributed by atoms with E-state index in [9.17, 15) is 0 Å². The minimum absolute atomic E-state index is 0.730. The van der Waals surface area contributed by atoms with Crippen molar-refractivity contribution in [1.82, 2.24) is 10.2 Å². The van der Waals surface area contributed by atoms with Gasteiger partial charge in [0, 0.05) is 18.6 Å². The summed E-state index contributed by atoms with van der Waals surface area (Å²) < 4.78 is 0. The van der Waals surface area contributed by atoms with Crippen molar-refractivity contribution >= 4 is 0 Å². The van der Waals surface area contributed by atoms with Crippen molar-refractivity contribution < 1.29 is 0 Å². The molecule has 0 aromatic heterocycles. The quantitative estimate of drug-likeness (QED) is 0.835. The van der Waals surface area contributed by atoms with E-state index in [0.717, 1.165) is 18.0 Å². The zero-order valence-electron chi connectivity index (χ0n) is 13.2. The molecular weight excluding hydrogens is 232 g/mol. The number of nitrogens with one attached hydrogen (secondary N) is 1. The molecular formula is C17H34N2. The van der Waals surface area contributed by atoms with Crippen LogP contribution in [0.2, 0.25) is 0 Å². The molecule has 112 valence electrons. The van der Waals surface area contributed by atoms with Crippen molar-refractivity contribution in [3.05, 3.63) is 0 Å². The first-order valence-electron chi connectivity index (χ1n) is 8.73. The Bertz CT molecular complexity index is 231. The first-order chi connectivity index (χ1) is 9.25. The molecule has 2 heteroatoms. The van der Waals surface area contributed by atoms with Gasteiger partial charge < -0.3 is 5.32 Å². The van der Waals surface area contributed by atoms with E-state index >= 15 is 0 Å². The molecule has 1 unspecified atom stereocenters. The third kappa shape index (κ3) is 5.43. The van der Waals surface area contributed by atoms with E-state index in [1.165, 1.54) is 77.4 Å². The second kappa shape index (κ2) is 8.26. The number of nitrogens with zero attached hydrogens (tertiary/aromatic N) is 1. The van der Waals surface area contributed by atoms with Gasteiger partial charge in [0.1, 0.15) is 0 Å². The molecule has 0 radical (unpaired) electrons. The van der Waals surface area contributed by atoms with Crippen LogP contribution in [-0.4, -0.2) is 36.6 Å². The smallest absolute Gasteiger partial charge is 0.0197 e. The van der Waals surface area contributed by atoms with Crippen molar-refractivity contribution in [2.45, 2.75) is 83.7 Å². The van der Waals surface area contributed by atoms with Crippen molar-refractivity contribution in [3.63, 3.8) is 0 Å². The molecule has 1 atom stereocenters. The Balaban J connectivity index is 1.88. The maximum atomic E-state index is 3.77. The van der Waals surface area contributed by atoms with Gasteiger partial charge in [-0.2, -0.15) is 0 Å². The second-order valence-corrected chi connectivity index (χ2v) is 7.13. The topological polar surface area (TPSA) is 15.3 Å². The fourth-order valence-corrected chi connectivity index (χ4v) is 3.89. The van der Waals surface area contributed by atoms with Crippen LogP contribution in [0.25, 0.3) is 0 Å². The summed E-state index contributed by atoms with van der Waals surface area (Å²) in [7, 11) is 0. The zero-order valence-corrected chi connectivity index (χ0v) is 13.2. The molecule has 1 N–H and O–H groups in total. The molecule has 0 amide bonds. The van der Waals surface area contributed by atoms with Gasteiger partial charge >= 0.3 is 0 Å². The van der Waals surface area contributed by atoms with Crippen LogP contribution in [0.3, 0.4) is 0 Å². The first kappa shape index (κ1) is 15.3. The molecule has 2 aliphatic rings. The molecule has 0 spiro atoms. The third-order valence-corrected chi connectivity index (χ3v) is 4.86. The molecule has 2 nitrogen and oxygen atoms in total. The van der Waals surface area contributed by atoms with Crippen LogP contribution in [-0.2, 0) is 0 Å². The van der Waals surface area contributed by atoms with Crippen molar-refractivity contribution in [3.8, 4) is 0 Å². The van der Waals surface area contributed by atoms with Crippen molar-refractivity contribution in [1.29, 1.82) is 0 Å². The van der Waals surface area contributed by atoms with E-state index in [-0.39, 0.29) is 0 Å². The van der Waals surface area contributed by atoms with Crippen LogP contribution in [0.1, 0.15) is 71.6 Å². The van der Waals surface area contributed by atoms with E-state index in [2.05, 4.69) is 24.1 Å². The van der Waals surface area contributed by atoms with Crippen molar-refractivity contribution in [2.75, 3.05) is 19.6 Å². The average Bonchev–Trinajstić information content (AvgIpc) is 2.53. The molecule has 1 saturated carbocycles. The van der Waals surface area contributed by atoms with Gasteiger partial charge in [-0.3, -0.25) is 4.90 Å². The lowest BCUT2D eigenvalue weighted by Crippen LogP contribution is -2.43. The summed E-state index contributed by atoms with van der Waals surface area (Å²) >= 11 is 0. The van der Waals surface area contributed by atoms with E-state index < -0.39 is 0 Å². The highest BCUT2D eigenvalue weighted by Gasteiger charge is 2.24. The van der Waals surface area contributed by atoms with Gasteiger partial charge in [-0.25, -0.2) is 0 Å². The van der Waals surface area contributed by atoms with Crippen LogP contribution in [0, 0.1) is 5.92 Å². The minimum atomic E-state index is 0.730. The summed E-state index contributed by atoms with van der Waals surface area (Å²) in [5, 5.41) is 3.77. The lowest BCUT2D eigenvalue weighted by molar-refractivity contribution is 0.158. The Morgan fingerprint density at radius 2 is 1.68 bits per heavy atom. The lowest BCUT2D eigenvalue weighted by Gasteiger charge is -2.34. The normalized spacial score (nSPS) is 28.9.